The second-order valence-electron chi connectivity index (χ2n) is 9.01. The minimum atomic E-state index is -3.75. The molecule has 0 aromatic heterocycles. The number of benzene rings is 2. The van der Waals surface area contributed by atoms with Gasteiger partial charge in [-0.15, -0.1) is 0 Å². The standard InChI is InChI=1S/C25H31FN2O5S/c1-17-13-18(2)16-28(15-17)34(31,32)23-6-4-5-21(14-23)25(30)33-19(3)24(29)27-12-11-20-7-9-22(26)10-8-20/h4-10,14,17-19H,11-13,15-16H2,1-3H3,(H,27,29). The van der Waals surface area contributed by atoms with Crippen molar-refractivity contribution >= 4 is 21.9 Å². The quantitative estimate of drug-likeness (QED) is 0.573. The van der Waals surface area contributed by atoms with Crippen molar-refractivity contribution in [3.8, 4) is 0 Å². The summed E-state index contributed by atoms with van der Waals surface area (Å²) in [7, 11) is -3.75. The van der Waals surface area contributed by atoms with E-state index in [4.69, 9.17) is 4.74 Å². The van der Waals surface area contributed by atoms with Crippen molar-refractivity contribution in [2.45, 2.75) is 44.6 Å². The number of nitrogens with zero attached hydrogens (tertiary/aromatic N) is 1. The fraction of sp³-hybridized carbons (Fsp3) is 0.440. The molecule has 1 amide bonds. The first kappa shape index (κ1) is 25.8. The summed E-state index contributed by atoms with van der Waals surface area (Å²) in [6, 6.07) is 11.7. The van der Waals surface area contributed by atoms with Crippen LogP contribution >= 0.6 is 0 Å². The van der Waals surface area contributed by atoms with Gasteiger partial charge in [0.05, 0.1) is 10.5 Å². The van der Waals surface area contributed by atoms with Gasteiger partial charge in [0.1, 0.15) is 5.82 Å². The van der Waals surface area contributed by atoms with Crippen LogP contribution in [0.3, 0.4) is 0 Å². The third kappa shape index (κ3) is 6.64. The van der Waals surface area contributed by atoms with E-state index < -0.39 is 28.0 Å². The molecule has 34 heavy (non-hydrogen) atoms. The monoisotopic (exact) mass is 490 g/mol. The van der Waals surface area contributed by atoms with E-state index in [0.29, 0.717) is 26.1 Å². The number of halogens is 1. The van der Waals surface area contributed by atoms with E-state index in [1.807, 2.05) is 13.8 Å². The lowest BCUT2D eigenvalue weighted by Crippen LogP contribution is -2.42. The molecule has 2 aromatic carbocycles. The number of sulfonamides is 1. The molecule has 3 rings (SSSR count). The number of ether oxygens (including phenoxy) is 1. The highest BCUT2D eigenvalue weighted by Crippen LogP contribution is 2.27. The molecule has 1 fully saturated rings. The van der Waals surface area contributed by atoms with Gasteiger partial charge in [-0.3, -0.25) is 4.79 Å². The molecule has 0 aliphatic carbocycles. The van der Waals surface area contributed by atoms with Crippen LogP contribution < -0.4 is 5.32 Å². The maximum Gasteiger partial charge on any atom is 0.338 e. The Balaban J connectivity index is 1.58. The van der Waals surface area contributed by atoms with Gasteiger partial charge in [0.2, 0.25) is 10.0 Å². The van der Waals surface area contributed by atoms with Gasteiger partial charge in [-0.25, -0.2) is 17.6 Å². The van der Waals surface area contributed by atoms with Crippen LogP contribution in [-0.4, -0.2) is 50.3 Å². The van der Waals surface area contributed by atoms with Gasteiger partial charge in [0.15, 0.2) is 6.10 Å². The van der Waals surface area contributed by atoms with Gasteiger partial charge in [0.25, 0.3) is 5.91 Å². The Morgan fingerprint density at radius 3 is 2.41 bits per heavy atom. The fourth-order valence-corrected chi connectivity index (χ4v) is 5.87. The first-order chi connectivity index (χ1) is 16.1. The zero-order chi connectivity index (χ0) is 24.9. The molecule has 9 heteroatoms. The maximum atomic E-state index is 13.1. The highest BCUT2D eigenvalue weighted by molar-refractivity contribution is 7.89. The molecule has 3 atom stereocenters. The van der Waals surface area contributed by atoms with Crippen molar-refractivity contribution in [3.05, 3.63) is 65.5 Å². The van der Waals surface area contributed by atoms with Gasteiger partial charge in [0, 0.05) is 19.6 Å². The van der Waals surface area contributed by atoms with E-state index in [1.165, 1.54) is 47.6 Å². The predicted octanol–water partition coefficient (Wildman–Crippen LogP) is 3.40. The molecular formula is C25H31FN2O5S. The summed E-state index contributed by atoms with van der Waals surface area (Å²) in [4.78, 5) is 24.9. The minimum Gasteiger partial charge on any atom is -0.449 e. The summed E-state index contributed by atoms with van der Waals surface area (Å²) in [5, 5.41) is 2.68. The molecular weight excluding hydrogens is 459 g/mol. The van der Waals surface area contributed by atoms with Gasteiger partial charge >= 0.3 is 5.97 Å². The molecule has 1 aliphatic heterocycles. The number of esters is 1. The normalized spacial score (nSPS) is 19.9. The summed E-state index contributed by atoms with van der Waals surface area (Å²) >= 11 is 0. The summed E-state index contributed by atoms with van der Waals surface area (Å²) in [5.74, 6) is -1.07. The van der Waals surface area contributed by atoms with Crippen molar-refractivity contribution in [1.29, 1.82) is 0 Å². The number of carbonyl (C=O) groups is 2. The number of rotatable bonds is 8. The Morgan fingerprint density at radius 2 is 1.76 bits per heavy atom. The topological polar surface area (TPSA) is 92.8 Å². The van der Waals surface area contributed by atoms with E-state index in [1.54, 1.807) is 12.1 Å². The molecule has 0 radical (unpaired) electrons. The lowest BCUT2D eigenvalue weighted by molar-refractivity contribution is -0.129. The molecule has 184 valence electrons. The number of hydrogen-bond donors (Lipinski definition) is 1. The van der Waals surface area contributed by atoms with E-state index in [2.05, 4.69) is 5.32 Å². The third-order valence-corrected chi connectivity index (χ3v) is 7.65. The number of amides is 1. The van der Waals surface area contributed by atoms with Crippen LogP contribution in [0.4, 0.5) is 4.39 Å². The zero-order valence-corrected chi connectivity index (χ0v) is 20.5. The van der Waals surface area contributed by atoms with Gasteiger partial charge in [-0.05, 0) is 67.5 Å². The van der Waals surface area contributed by atoms with Crippen molar-refractivity contribution in [2.75, 3.05) is 19.6 Å². The molecule has 1 heterocycles. The second-order valence-corrected chi connectivity index (χ2v) is 10.9. The Hall–Kier alpha value is -2.78. The van der Waals surface area contributed by atoms with Gasteiger partial charge in [-0.2, -0.15) is 4.31 Å². The maximum absolute atomic E-state index is 13.1. The van der Waals surface area contributed by atoms with Crippen LogP contribution in [0.1, 0.15) is 43.1 Å². The first-order valence-electron chi connectivity index (χ1n) is 11.4. The van der Waals surface area contributed by atoms with Crippen molar-refractivity contribution in [1.82, 2.24) is 9.62 Å². The van der Waals surface area contributed by atoms with Crippen molar-refractivity contribution < 1.29 is 27.1 Å². The zero-order valence-electron chi connectivity index (χ0n) is 19.7. The van der Waals surface area contributed by atoms with E-state index in [9.17, 15) is 22.4 Å². The number of piperidine rings is 1. The predicted molar refractivity (Wildman–Crippen MR) is 126 cm³/mol. The van der Waals surface area contributed by atoms with Crippen LogP contribution in [0, 0.1) is 17.7 Å². The van der Waals surface area contributed by atoms with E-state index in [0.717, 1.165) is 12.0 Å². The molecule has 1 saturated heterocycles. The van der Waals surface area contributed by atoms with Crippen molar-refractivity contribution in [2.24, 2.45) is 11.8 Å². The molecule has 0 bridgehead atoms. The first-order valence-corrected chi connectivity index (χ1v) is 12.8. The molecule has 2 aromatic rings. The minimum absolute atomic E-state index is 0.0275. The average molecular weight is 491 g/mol. The molecule has 3 unspecified atom stereocenters. The summed E-state index contributed by atoms with van der Waals surface area (Å²) < 4.78 is 45.9. The summed E-state index contributed by atoms with van der Waals surface area (Å²) in [6.45, 7) is 6.68. The molecule has 7 nitrogen and oxygen atoms in total. The van der Waals surface area contributed by atoms with Crippen molar-refractivity contribution in [3.63, 3.8) is 0 Å². The summed E-state index contributed by atoms with van der Waals surface area (Å²) in [6.07, 6.45) is 0.410. The van der Waals surface area contributed by atoms with E-state index >= 15 is 0 Å². The Morgan fingerprint density at radius 1 is 1.12 bits per heavy atom. The third-order valence-electron chi connectivity index (χ3n) is 5.82. The van der Waals surface area contributed by atoms with Crippen LogP contribution in [0.5, 0.6) is 0 Å². The van der Waals surface area contributed by atoms with E-state index in [-0.39, 0.29) is 28.1 Å². The van der Waals surface area contributed by atoms with Gasteiger partial charge < -0.3 is 10.1 Å². The Labute approximate surface area is 200 Å². The van der Waals surface area contributed by atoms with Crippen LogP contribution in [-0.2, 0) is 26.0 Å². The number of hydrogen-bond acceptors (Lipinski definition) is 5. The molecule has 1 aliphatic rings. The summed E-state index contributed by atoms with van der Waals surface area (Å²) in [5.41, 5.74) is 0.923. The molecule has 0 saturated carbocycles. The Bertz CT molecular complexity index is 1110. The lowest BCUT2D eigenvalue weighted by atomic mass is 9.94. The molecule has 1 N–H and O–H groups in total. The highest BCUT2D eigenvalue weighted by atomic mass is 32.2. The fourth-order valence-electron chi connectivity index (χ4n) is 4.14. The van der Waals surface area contributed by atoms with Crippen LogP contribution in [0.15, 0.2) is 53.4 Å². The van der Waals surface area contributed by atoms with Gasteiger partial charge in [-0.1, -0.05) is 32.0 Å². The largest absolute Gasteiger partial charge is 0.449 e. The second kappa shape index (κ2) is 11.1. The van der Waals surface area contributed by atoms with Crippen LogP contribution in [0.25, 0.3) is 0 Å². The number of carbonyl (C=O) groups excluding carboxylic acids is 2. The number of nitrogens with one attached hydrogen (secondary N) is 1. The Kier molecular flexibility index (Phi) is 8.43. The lowest BCUT2D eigenvalue weighted by Gasteiger charge is -2.34. The van der Waals surface area contributed by atoms with Crippen LogP contribution in [0.2, 0.25) is 0 Å². The SMILES string of the molecule is CC1CC(C)CN(S(=O)(=O)c2cccc(C(=O)OC(C)C(=O)NCCc3ccc(F)cc3)c2)C1. The highest BCUT2D eigenvalue weighted by Gasteiger charge is 2.32. The average Bonchev–Trinajstić information content (AvgIpc) is 2.79. The smallest absolute Gasteiger partial charge is 0.338 e. The molecule has 0 spiro atoms.